The number of hydrogen-bond donors (Lipinski definition) is 1. The first-order chi connectivity index (χ1) is 6.20. The predicted octanol–water partition coefficient (Wildman–Crippen LogP) is 0.622. The lowest BCUT2D eigenvalue weighted by Crippen LogP contribution is -2.44. The third kappa shape index (κ3) is 2.03. The Morgan fingerprint density at radius 1 is 1.62 bits per heavy atom. The molecule has 2 fully saturated rings. The molecule has 2 aliphatic heterocycles. The molecule has 3 nitrogen and oxygen atoms in total. The van der Waals surface area contributed by atoms with Gasteiger partial charge in [0, 0.05) is 25.6 Å². The van der Waals surface area contributed by atoms with E-state index in [9.17, 15) is 5.11 Å². The van der Waals surface area contributed by atoms with E-state index in [2.05, 4.69) is 11.8 Å². The fraction of sp³-hybridized carbons (Fsp3) is 1.00. The van der Waals surface area contributed by atoms with Gasteiger partial charge in [0.1, 0.15) is 5.60 Å². The van der Waals surface area contributed by atoms with Crippen molar-refractivity contribution in [3.8, 4) is 0 Å². The lowest BCUT2D eigenvalue weighted by atomic mass is 10.0. The van der Waals surface area contributed by atoms with Gasteiger partial charge in [0.05, 0.1) is 6.61 Å². The summed E-state index contributed by atoms with van der Waals surface area (Å²) in [5.41, 5.74) is -0.557. The molecule has 0 amide bonds. The van der Waals surface area contributed by atoms with Gasteiger partial charge in [0.2, 0.25) is 0 Å². The molecule has 0 saturated carbocycles. The summed E-state index contributed by atoms with van der Waals surface area (Å²) in [6.45, 7) is 5.43. The molecule has 2 rings (SSSR count). The largest absolute Gasteiger partial charge is 0.386 e. The van der Waals surface area contributed by atoms with Gasteiger partial charge in [0.15, 0.2) is 0 Å². The van der Waals surface area contributed by atoms with E-state index >= 15 is 0 Å². The fourth-order valence-corrected chi connectivity index (χ4v) is 2.33. The third-order valence-electron chi connectivity index (χ3n) is 3.27. The molecule has 0 aliphatic carbocycles. The second kappa shape index (κ2) is 3.56. The zero-order chi connectivity index (χ0) is 9.31. The summed E-state index contributed by atoms with van der Waals surface area (Å²) >= 11 is 0. The zero-order valence-electron chi connectivity index (χ0n) is 8.33. The molecule has 0 radical (unpaired) electrons. The Labute approximate surface area is 79.7 Å². The van der Waals surface area contributed by atoms with Gasteiger partial charge in [0.25, 0.3) is 0 Å². The summed E-state index contributed by atoms with van der Waals surface area (Å²) in [6, 6.07) is 0.643. The Kier molecular flexibility index (Phi) is 2.58. The van der Waals surface area contributed by atoms with E-state index in [0.29, 0.717) is 12.6 Å². The van der Waals surface area contributed by atoms with Gasteiger partial charge in [-0.2, -0.15) is 0 Å². The Hall–Kier alpha value is -0.120. The topological polar surface area (TPSA) is 32.7 Å². The fourth-order valence-electron chi connectivity index (χ4n) is 2.33. The number of β-amino-alcohol motifs (C(OH)–C–C–N with tert-alkyl or cyclic N) is 1. The van der Waals surface area contributed by atoms with E-state index in [1.807, 2.05) is 0 Å². The Bertz CT molecular complexity index is 178. The van der Waals surface area contributed by atoms with E-state index in [1.54, 1.807) is 0 Å². The van der Waals surface area contributed by atoms with E-state index in [0.717, 1.165) is 26.1 Å². The highest BCUT2D eigenvalue weighted by Gasteiger charge is 2.36. The second-order valence-corrected chi connectivity index (χ2v) is 4.49. The van der Waals surface area contributed by atoms with Crippen molar-refractivity contribution in [1.82, 2.24) is 4.90 Å². The monoisotopic (exact) mass is 185 g/mol. The molecule has 2 unspecified atom stereocenters. The molecule has 0 aromatic heterocycles. The molecule has 1 N–H and O–H groups in total. The van der Waals surface area contributed by atoms with Gasteiger partial charge >= 0.3 is 0 Å². The highest BCUT2D eigenvalue weighted by molar-refractivity contribution is 4.89. The van der Waals surface area contributed by atoms with E-state index in [1.165, 1.54) is 12.8 Å². The first kappa shape index (κ1) is 9.44. The van der Waals surface area contributed by atoms with Crippen LogP contribution in [0.25, 0.3) is 0 Å². The summed E-state index contributed by atoms with van der Waals surface area (Å²) in [7, 11) is 0. The van der Waals surface area contributed by atoms with Gasteiger partial charge in [-0.1, -0.05) is 0 Å². The summed E-state index contributed by atoms with van der Waals surface area (Å²) in [5, 5.41) is 10.1. The minimum atomic E-state index is -0.557. The number of likely N-dealkylation sites (tertiary alicyclic amines) is 1. The zero-order valence-corrected chi connectivity index (χ0v) is 8.33. The summed E-state index contributed by atoms with van der Waals surface area (Å²) < 4.78 is 5.23. The second-order valence-electron chi connectivity index (χ2n) is 4.49. The minimum Gasteiger partial charge on any atom is -0.386 e. The van der Waals surface area contributed by atoms with Crippen LogP contribution in [0.3, 0.4) is 0 Å². The maximum atomic E-state index is 10.1. The van der Waals surface area contributed by atoms with Crippen molar-refractivity contribution in [2.45, 2.75) is 37.8 Å². The predicted molar refractivity (Wildman–Crippen MR) is 50.7 cm³/mol. The van der Waals surface area contributed by atoms with Crippen LogP contribution in [0.4, 0.5) is 0 Å². The molecule has 0 aromatic carbocycles. The molecule has 3 heteroatoms. The molecule has 0 bridgehead atoms. The molecule has 2 heterocycles. The van der Waals surface area contributed by atoms with Crippen molar-refractivity contribution in [3.63, 3.8) is 0 Å². The average Bonchev–Trinajstić information content (AvgIpc) is 2.64. The highest BCUT2D eigenvalue weighted by Crippen LogP contribution is 2.24. The Morgan fingerprint density at radius 3 is 3.00 bits per heavy atom. The number of rotatable bonds is 2. The average molecular weight is 185 g/mol. The van der Waals surface area contributed by atoms with E-state index < -0.39 is 5.60 Å². The van der Waals surface area contributed by atoms with Crippen LogP contribution in [-0.2, 0) is 4.74 Å². The van der Waals surface area contributed by atoms with Crippen LogP contribution >= 0.6 is 0 Å². The molecular formula is C10H19NO2. The van der Waals surface area contributed by atoms with E-state index in [4.69, 9.17) is 4.74 Å². The van der Waals surface area contributed by atoms with Gasteiger partial charge < -0.3 is 9.84 Å². The number of ether oxygens (including phenoxy) is 1. The van der Waals surface area contributed by atoms with Crippen LogP contribution in [0.2, 0.25) is 0 Å². The van der Waals surface area contributed by atoms with Gasteiger partial charge in [-0.25, -0.2) is 0 Å². The third-order valence-corrected chi connectivity index (χ3v) is 3.27. The van der Waals surface area contributed by atoms with Crippen molar-refractivity contribution < 1.29 is 9.84 Å². The first-order valence-corrected chi connectivity index (χ1v) is 5.24. The normalized spacial score (nSPS) is 41.5. The van der Waals surface area contributed by atoms with Crippen LogP contribution < -0.4 is 0 Å². The first-order valence-electron chi connectivity index (χ1n) is 5.24. The molecule has 2 saturated heterocycles. The minimum absolute atomic E-state index is 0.524. The molecule has 13 heavy (non-hydrogen) atoms. The van der Waals surface area contributed by atoms with Crippen molar-refractivity contribution in [2.75, 3.05) is 26.3 Å². The summed E-state index contributed by atoms with van der Waals surface area (Å²) in [6.07, 6.45) is 3.35. The number of hydrogen-bond acceptors (Lipinski definition) is 3. The Morgan fingerprint density at radius 2 is 2.46 bits per heavy atom. The quantitative estimate of drug-likeness (QED) is 0.684. The SMILES string of the molecule is CC1CCCN1CC1(O)CCOC1. The summed E-state index contributed by atoms with van der Waals surface area (Å²) in [4.78, 5) is 2.38. The smallest absolute Gasteiger partial charge is 0.103 e. The molecule has 0 aromatic rings. The molecule has 2 aliphatic rings. The summed E-state index contributed by atoms with van der Waals surface area (Å²) in [5.74, 6) is 0. The van der Waals surface area contributed by atoms with Crippen LogP contribution in [0, 0.1) is 0 Å². The molecule has 0 spiro atoms. The lowest BCUT2D eigenvalue weighted by molar-refractivity contribution is -0.00605. The van der Waals surface area contributed by atoms with Crippen LogP contribution in [0.1, 0.15) is 26.2 Å². The van der Waals surface area contributed by atoms with Gasteiger partial charge in [-0.15, -0.1) is 0 Å². The maximum Gasteiger partial charge on any atom is 0.103 e. The van der Waals surface area contributed by atoms with Crippen LogP contribution in [-0.4, -0.2) is 48.0 Å². The molecule has 2 atom stereocenters. The van der Waals surface area contributed by atoms with E-state index in [-0.39, 0.29) is 0 Å². The van der Waals surface area contributed by atoms with Crippen molar-refractivity contribution in [1.29, 1.82) is 0 Å². The van der Waals surface area contributed by atoms with Gasteiger partial charge in [-0.05, 0) is 26.3 Å². The van der Waals surface area contributed by atoms with Gasteiger partial charge in [-0.3, -0.25) is 4.90 Å². The Balaban J connectivity index is 1.88. The number of aliphatic hydroxyl groups is 1. The highest BCUT2D eigenvalue weighted by atomic mass is 16.5. The lowest BCUT2D eigenvalue weighted by Gasteiger charge is -2.29. The van der Waals surface area contributed by atoms with Crippen molar-refractivity contribution in [3.05, 3.63) is 0 Å². The molecule has 76 valence electrons. The van der Waals surface area contributed by atoms with Crippen LogP contribution in [0.5, 0.6) is 0 Å². The maximum absolute atomic E-state index is 10.1. The van der Waals surface area contributed by atoms with Crippen molar-refractivity contribution in [2.24, 2.45) is 0 Å². The number of nitrogens with zero attached hydrogens (tertiary/aromatic N) is 1. The molecular weight excluding hydrogens is 166 g/mol. The van der Waals surface area contributed by atoms with Crippen molar-refractivity contribution >= 4 is 0 Å². The standard InChI is InChI=1S/C10H19NO2/c1-9-3-2-5-11(9)7-10(12)4-6-13-8-10/h9,12H,2-8H2,1H3. The van der Waals surface area contributed by atoms with Crippen LogP contribution in [0.15, 0.2) is 0 Å².